The summed E-state index contributed by atoms with van der Waals surface area (Å²) in [5, 5.41) is 2.98. The number of halogens is 1. The van der Waals surface area contributed by atoms with Crippen LogP contribution in [-0.4, -0.2) is 28.3 Å². The van der Waals surface area contributed by atoms with Crippen molar-refractivity contribution < 1.29 is 4.79 Å². The smallest absolute Gasteiger partial charge is 0.251 e. The molecular weight excluding hydrogens is 286 g/mol. The molecule has 0 aliphatic carbocycles. The number of fused-ring (bicyclic) bond motifs is 1. The predicted molar refractivity (Wildman–Crippen MR) is 85.6 cm³/mol. The molecule has 5 heteroatoms. The van der Waals surface area contributed by atoms with E-state index in [9.17, 15) is 4.79 Å². The van der Waals surface area contributed by atoms with Crippen molar-refractivity contribution in [1.29, 1.82) is 0 Å². The molecule has 21 heavy (non-hydrogen) atoms. The van der Waals surface area contributed by atoms with E-state index in [0.717, 1.165) is 23.9 Å². The van der Waals surface area contributed by atoms with E-state index in [4.69, 9.17) is 11.6 Å². The van der Waals surface area contributed by atoms with Gasteiger partial charge in [0.2, 0.25) is 0 Å². The Balaban J connectivity index is 2.02. The number of aromatic nitrogens is 2. The zero-order chi connectivity index (χ0) is 15.3. The first-order valence-electron chi connectivity index (χ1n) is 7.07. The first-order valence-corrected chi connectivity index (χ1v) is 7.60. The van der Waals surface area contributed by atoms with Crippen LogP contribution in [0.4, 0.5) is 0 Å². The number of hydrogen-bond donors (Lipinski definition) is 1. The minimum absolute atomic E-state index is 0.0429. The second-order valence-electron chi connectivity index (χ2n) is 5.90. The molecule has 1 N–H and O–H groups in total. The number of carbonyl (C=O) groups excluding carboxylic acids is 1. The fourth-order valence-corrected chi connectivity index (χ4v) is 2.29. The van der Waals surface area contributed by atoms with E-state index in [1.165, 1.54) is 0 Å². The number of nitrogens with zero attached hydrogens (tertiary/aromatic N) is 2. The van der Waals surface area contributed by atoms with Crippen molar-refractivity contribution in [3.8, 4) is 0 Å². The summed E-state index contributed by atoms with van der Waals surface area (Å²) < 4.78 is 0. The van der Waals surface area contributed by atoms with Crippen molar-refractivity contribution in [2.75, 3.05) is 12.4 Å². The van der Waals surface area contributed by atoms with Gasteiger partial charge in [0, 0.05) is 30.4 Å². The first kappa shape index (κ1) is 15.7. The van der Waals surface area contributed by atoms with Gasteiger partial charge in [-0.25, -0.2) is 0 Å². The number of amides is 1. The van der Waals surface area contributed by atoms with Gasteiger partial charge in [-0.3, -0.25) is 14.8 Å². The van der Waals surface area contributed by atoms with E-state index in [-0.39, 0.29) is 11.3 Å². The van der Waals surface area contributed by atoms with Crippen molar-refractivity contribution >= 4 is 28.5 Å². The van der Waals surface area contributed by atoms with Crippen molar-refractivity contribution in [2.24, 2.45) is 5.41 Å². The van der Waals surface area contributed by atoms with Crippen LogP contribution in [0, 0.1) is 5.41 Å². The van der Waals surface area contributed by atoms with Crippen molar-refractivity contribution in [1.82, 2.24) is 15.3 Å². The molecule has 0 spiro atoms. The third kappa shape index (κ3) is 4.39. The Bertz CT molecular complexity index is 628. The van der Waals surface area contributed by atoms with Gasteiger partial charge in [0.05, 0.1) is 11.0 Å². The maximum atomic E-state index is 12.2. The number of rotatable bonds is 6. The maximum absolute atomic E-state index is 12.2. The average Bonchev–Trinajstić information content (AvgIpc) is 2.50. The molecule has 0 saturated carbocycles. The lowest BCUT2D eigenvalue weighted by molar-refractivity contribution is 0.0934. The summed E-state index contributed by atoms with van der Waals surface area (Å²) in [4.78, 5) is 20.6. The van der Waals surface area contributed by atoms with E-state index < -0.39 is 0 Å². The lowest BCUT2D eigenvalue weighted by Gasteiger charge is -2.24. The van der Waals surface area contributed by atoms with Gasteiger partial charge in [-0.05, 0) is 36.5 Å². The Kier molecular flexibility index (Phi) is 5.12. The number of nitrogens with one attached hydrogen (secondary N) is 1. The summed E-state index contributed by atoms with van der Waals surface area (Å²) >= 11 is 5.72. The van der Waals surface area contributed by atoms with E-state index in [1.807, 2.05) is 6.07 Å². The van der Waals surface area contributed by atoms with E-state index >= 15 is 0 Å². The molecule has 1 heterocycles. The Hall–Kier alpha value is -1.68. The van der Waals surface area contributed by atoms with E-state index in [2.05, 4.69) is 29.1 Å². The van der Waals surface area contributed by atoms with Gasteiger partial charge in [-0.2, -0.15) is 0 Å². The largest absolute Gasteiger partial charge is 0.352 e. The molecular formula is C16H20ClN3O. The fraction of sp³-hybridized carbons (Fsp3) is 0.438. The highest BCUT2D eigenvalue weighted by Crippen LogP contribution is 2.21. The Morgan fingerprint density at radius 2 is 1.95 bits per heavy atom. The summed E-state index contributed by atoms with van der Waals surface area (Å²) in [5.74, 6) is 0.572. The van der Waals surface area contributed by atoms with Crippen LogP contribution >= 0.6 is 11.6 Å². The highest BCUT2D eigenvalue weighted by atomic mass is 35.5. The standard InChI is InChI=1S/C16H20ClN3O/c1-16(2,6-3-7-17)11-20-15(21)12-4-5-13-14(10-12)19-9-8-18-13/h4-5,8-10H,3,6-7,11H2,1-2H3,(H,20,21). The molecule has 0 unspecified atom stereocenters. The topological polar surface area (TPSA) is 54.9 Å². The summed E-state index contributed by atoms with van der Waals surface area (Å²) in [6, 6.07) is 5.36. The summed E-state index contributed by atoms with van der Waals surface area (Å²) in [6.45, 7) is 4.89. The normalized spacial score (nSPS) is 11.6. The number of alkyl halides is 1. The molecule has 0 bridgehead atoms. The molecule has 1 amide bonds. The molecule has 1 aromatic heterocycles. The Morgan fingerprint density at radius 1 is 1.24 bits per heavy atom. The SMILES string of the molecule is CC(C)(CCCCl)CNC(=O)c1ccc2nccnc2c1. The molecule has 0 aliphatic rings. The predicted octanol–water partition coefficient (Wildman–Crippen LogP) is 3.40. The first-order chi connectivity index (χ1) is 10.0. The fourth-order valence-electron chi connectivity index (χ4n) is 2.16. The lowest BCUT2D eigenvalue weighted by atomic mass is 9.88. The molecule has 0 atom stereocenters. The zero-order valence-electron chi connectivity index (χ0n) is 12.4. The third-order valence-electron chi connectivity index (χ3n) is 3.45. The van der Waals surface area contributed by atoms with Crippen LogP contribution in [-0.2, 0) is 0 Å². The van der Waals surface area contributed by atoms with Crippen LogP contribution < -0.4 is 5.32 Å². The Labute approximate surface area is 129 Å². The van der Waals surface area contributed by atoms with Crippen LogP contribution in [0.15, 0.2) is 30.6 Å². The highest BCUT2D eigenvalue weighted by molar-refractivity contribution is 6.17. The number of carbonyl (C=O) groups is 1. The molecule has 2 aromatic rings. The summed E-state index contributed by atoms with van der Waals surface area (Å²) in [5.41, 5.74) is 2.17. The molecule has 4 nitrogen and oxygen atoms in total. The van der Waals surface area contributed by atoms with Crippen LogP contribution in [0.5, 0.6) is 0 Å². The monoisotopic (exact) mass is 305 g/mol. The van der Waals surface area contributed by atoms with Crippen molar-refractivity contribution in [2.45, 2.75) is 26.7 Å². The molecule has 0 saturated heterocycles. The van der Waals surface area contributed by atoms with Crippen LogP contribution in [0.1, 0.15) is 37.0 Å². The molecule has 2 rings (SSSR count). The van der Waals surface area contributed by atoms with E-state index in [1.54, 1.807) is 24.5 Å². The van der Waals surface area contributed by atoms with Gasteiger partial charge in [0.15, 0.2) is 0 Å². The highest BCUT2D eigenvalue weighted by Gasteiger charge is 2.18. The van der Waals surface area contributed by atoms with Crippen LogP contribution in [0.2, 0.25) is 0 Å². The van der Waals surface area contributed by atoms with Crippen molar-refractivity contribution in [3.63, 3.8) is 0 Å². The van der Waals surface area contributed by atoms with Gasteiger partial charge >= 0.3 is 0 Å². The van der Waals surface area contributed by atoms with Crippen LogP contribution in [0.25, 0.3) is 11.0 Å². The minimum atomic E-state index is -0.0819. The second-order valence-corrected chi connectivity index (χ2v) is 6.28. The van der Waals surface area contributed by atoms with E-state index in [0.29, 0.717) is 18.0 Å². The average molecular weight is 306 g/mol. The summed E-state index contributed by atoms with van der Waals surface area (Å²) in [7, 11) is 0. The third-order valence-corrected chi connectivity index (χ3v) is 3.71. The van der Waals surface area contributed by atoms with Gasteiger partial charge < -0.3 is 5.32 Å². The molecule has 0 aliphatic heterocycles. The molecule has 112 valence electrons. The van der Waals surface area contributed by atoms with Crippen LogP contribution in [0.3, 0.4) is 0 Å². The Morgan fingerprint density at radius 3 is 2.67 bits per heavy atom. The minimum Gasteiger partial charge on any atom is -0.352 e. The van der Waals surface area contributed by atoms with Gasteiger partial charge in [0.25, 0.3) is 5.91 Å². The number of benzene rings is 1. The lowest BCUT2D eigenvalue weighted by Crippen LogP contribution is -2.34. The van der Waals surface area contributed by atoms with Gasteiger partial charge in [-0.1, -0.05) is 13.8 Å². The maximum Gasteiger partial charge on any atom is 0.251 e. The molecule has 1 aromatic carbocycles. The van der Waals surface area contributed by atoms with Crippen molar-refractivity contribution in [3.05, 3.63) is 36.2 Å². The van der Waals surface area contributed by atoms with Gasteiger partial charge in [0.1, 0.15) is 0 Å². The molecule has 0 fully saturated rings. The second kappa shape index (κ2) is 6.85. The quantitative estimate of drug-likeness (QED) is 0.832. The molecule has 0 radical (unpaired) electrons. The summed E-state index contributed by atoms with van der Waals surface area (Å²) in [6.07, 6.45) is 5.21. The zero-order valence-corrected chi connectivity index (χ0v) is 13.2. The van der Waals surface area contributed by atoms with Gasteiger partial charge in [-0.15, -0.1) is 11.6 Å². The number of hydrogen-bond acceptors (Lipinski definition) is 3.